The first kappa shape index (κ1) is 28.2. The first-order chi connectivity index (χ1) is 18.8. The van der Waals surface area contributed by atoms with E-state index >= 15 is 0 Å². The monoisotopic (exact) mass is 553 g/mol. The number of amides is 1. The third kappa shape index (κ3) is 4.19. The highest BCUT2D eigenvalue weighted by Crippen LogP contribution is 2.53. The molecule has 1 heterocycles. The molecule has 0 aromatic heterocycles. The van der Waals surface area contributed by atoms with Gasteiger partial charge in [0.05, 0.1) is 5.56 Å². The summed E-state index contributed by atoms with van der Waals surface area (Å²) < 4.78 is 0. The maximum Gasteiger partial charge on any atom is 0.255 e. The van der Waals surface area contributed by atoms with Gasteiger partial charge in [0.25, 0.3) is 5.91 Å². The van der Waals surface area contributed by atoms with Crippen molar-refractivity contribution < 1.29 is 34.8 Å². The molecule has 1 amide bonds. The fourth-order valence-electron chi connectivity index (χ4n) is 7.44. The van der Waals surface area contributed by atoms with Crippen LogP contribution in [-0.2, 0) is 27.3 Å². The van der Waals surface area contributed by atoms with Gasteiger partial charge >= 0.3 is 0 Å². The number of likely N-dealkylation sites (tertiary alicyclic amines) is 1. The number of fused-ring (bicyclic) bond motifs is 3. The number of benzene rings is 1. The lowest BCUT2D eigenvalue weighted by Gasteiger charge is -2.46. The molecule has 10 heteroatoms. The minimum Gasteiger partial charge on any atom is -0.508 e. The molecule has 1 saturated heterocycles. The van der Waals surface area contributed by atoms with Crippen LogP contribution in [0.1, 0.15) is 56.2 Å². The summed E-state index contributed by atoms with van der Waals surface area (Å²) in [5.74, 6) is -4.84. The number of nitrogens with zero attached hydrogens (tertiary/aromatic N) is 2. The number of hydrogen-bond donors (Lipinski definition) is 5. The molecule has 5 rings (SSSR count). The van der Waals surface area contributed by atoms with E-state index in [2.05, 4.69) is 18.7 Å². The van der Waals surface area contributed by atoms with E-state index in [-0.39, 0.29) is 29.7 Å². The maximum absolute atomic E-state index is 13.7. The van der Waals surface area contributed by atoms with Crippen molar-refractivity contribution in [3.63, 3.8) is 0 Å². The molecule has 1 saturated carbocycles. The first-order valence-electron chi connectivity index (χ1n) is 14.0. The van der Waals surface area contributed by atoms with Crippen LogP contribution in [-0.4, -0.2) is 75.6 Å². The molecule has 0 bridgehead atoms. The number of carbonyl (C=O) groups is 3. The zero-order valence-electron chi connectivity index (χ0n) is 23.5. The van der Waals surface area contributed by atoms with Crippen LogP contribution in [0.25, 0.3) is 5.76 Å². The van der Waals surface area contributed by atoms with Crippen LogP contribution in [0.4, 0.5) is 5.69 Å². The van der Waals surface area contributed by atoms with Crippen LogP contribution in [0, 0.1) is 23.7 Å². The Balaban J connectivity index is 1.57. The molecular formula is C30H39N3O7. The molecule has 1 aromatic rings. The number of Topliss-reactive ketones (excluding diaryl/α,β-unsaturated/α-hetero) is 2. The van der Waals surface area contributed by atoms with Gasteiger partial charge in [0.2, 0.25) is 5.78 Å². The summed E-state index contributed by atoms with van der Waals surface area (Å²) in [5.41, 5.74) is 4.38. The predicted molar refractivity (Wildman–Crippen MR) is 149 cm³/mol. The highest BCUT2D eigenvalue weighted by Gasteiger charge is 2.60. The Bertz CT molecular complexity index is 1350. The number of nitrogens with two attached hydrogens (primary N) is 1. The molecule has 1 aliphatic heterocycles. The standard InChI is InChI=1S/C30H39N3O7/c1-14(2)15-5-7-33(8-6-15)13-17-11-20(34)23-19(25(17)32(3)4)10-16-9-18-12-21(35)24(29(31)39)28(38)30(18,40)27(37)22(16)26(23)36/h11,14-16,18,34,36,38,40H,5-10,12-13H2,1-4H3,(H2,31,39)/t16?,18-,30-/m0/s1. The molecule has 216 valence electrons. The van der Waals surface area contributed by atoms with E-state index in [1.807, 2.05) is 19.0 Å². The zero-order chi connectivity index (χ0) is 29.3. The van der Waals surface area contributed by atoms with Crippen LogP contribution in [0.15, 0.2) is 23.0 Å². The summed E-state index contributed by atoms with van der Waals surface area (Å²) in [6, 6.07) is 1.63. The van der Waals surface area contributed by atoms with Gasteiger partial charge in [-0.05, 0) is 73.7 Å². The molecule has 6 N–H and O–H groups in total. The van der Waals surface area contributed by atoms with Crippen molar-refractivity contribution in [1.29, 1.82) is 0 Å². The summed E-state index contributed by atoms with van der Waals surface area (Å²) >= 11 is 0. The number of anilines is 1. The lowest BCUT2D eigenvalue weighted by molar-refractivity contribution is -0.147. The van der Waals surface area contributed by atoms with Crippen LogP contribution in [0.5, 0.6) is 5.75 Å². The Morgan fingerprint density at radius 1 is 1.15 bits per heavy atom. The first-order valence-corrected chi connectivity index (χ1v) is 14.0. The molecular weight excluding hydrogens is 514 g/mol. The van der Waals surface area contributed by atoms with E-state index in [9.17, 15) is 34.8 Å². The van der Waals surface area contributed by atoms with E-state index in [1.165, 1.54) is 0 Å². The Hall–Kier alpha value is -3.37. The summed E-state index contributed by atoms with van der Waals surface area (Å²) in [4.78, 5) is 42.5. The van der Waals surface area contributed by atoms with E-state index in [4.69, 9.17) is 5.73 Å². The number of piperidine rings is 1. The second-order valence-electron chi connectivity index (χ2n) is 12.4. The number of rotatable bonds is 5. The SMILES string of the molecule is CC(C)C1CCN(Cc2cc(O)c3c(c2N(C)C)CC2C[C@H]4CC(=O)C(C(N)=O)=C(O)[C@@]4(O)C(=O)C2=C3O)CC1. The lowest BCUT2D eigenvalue weighted by Crippen LogP contribution is -2.58. The Labute approximate surface area is 233 Å². The van der Waals surface area contributed by atoms with Crippen molar-refractivity contribution >= 4 is 28.9 Å². The zero-order valence-corrected chi connectivity index (χ0v) is 23.5. The number of ketones is 2. The number of carbonyl (C=O) groups excluding carboxylic acids is 3. The summed E-state index contributed by atoms with van der Waals surface area (Å²) in [7, 11) is 3.80. The Kier molecular flexibility index (Phi) is 6.99. The second kappa shape index (κ2) is 9.92. The molecule has 1 unspecified atom stereocenters. The number of primary amides is 1. The van der Waals surface area contributed by atoms with Crippen molar-refractivity contribution in [3.8, 4) is 5.75 Å². The molecule has 0 radical (unpaired) electrons. The number of hydrogen-bond acceptors (Lipinski definition) is 9. The molecule has 40 heavy (non-hydrogen) atoms. The van der Waals surface area contributed by atoms with Gasteiger partial charge in [0.15, 0.2) is 11.4 Å². The minimum absolute atomic E-state index is 0.115. The number of aliphatic hydroxyl groups excluding tert-OH is 2. The molecule has 1 aromatic carbocycles. The summed E-state index contributed by atoms with van der Waals surface area (Å²) in [6.07, 6.45) is 2.30. The van der Waals surface area contributed by atoms with Crippen molar-refractivity contribution in [2.24, 2.45) is 29.4 Å². The van der Waals surface area contributed by atoms with Gasteiger partial charge in [-0.25, -0.2) is 0 Å². The largest absolute Gasteiger partial charge is 0.508 e. The van der Waals surface area contributed by atoms with Crippen molar-refractivity contribution in [3.05, 3.63) is 39.7 Å². The number of phenols is 1. The van der Waals surface area contributed by atoms with E-state index in [0.717, 1.165) is 37.2 Å². The quantitative estimate of drug-likeness (QED) is 0.344. The molecule has 3 aliphatic carbocycles. The molecule has 2 fully saturated rings. The average molecular weight is 554 g/mol. The second-order valence-corrected chi connectivity index (χ2v) is 12.4. The highest BCUT2D eigenvalue weighted by molar-refractivity contribution is 6.22. The van der Waals surface area contributed by atoms with Gasteiger partial charge in [-0.15, -0.1) is 0 Å². The Morgan fingerprint density at radius 2 is 1.80 bits per heavy atom. The van der Waals surface area contributed by atoms with Crippen molar-refractivity contribution in [1.82, 2.24) is 4.90 Å². The smallest absolute Gasteiger partial charge is 0.255 e. The molecule has 0 spiro atoms. The Morgan fingerprint density at radius 3 is 2.38 bits per heavy atom. The fraction of sp³-hybridized carbons (Fsp3) is 0.567. The van der Waals surface area contributed by atoms with Gasteiger partial charge in [0, 0.05) is 44.2 Å². The van der Waals surface area contributed by atoms with E-state index < -0.39 is 52.0 Å². The third-order valence-corrected chi connectivity index (χ3v) is 9.53. The fourth-order valence-corrected chi connectivity index (χ4v) is 7.44. The molecule has 10 nitrogen and oxygen atoms in total. The topological polar surface area (TPSA) is 165 Å². The molecule has 3 atom stereocenters. The summed E-state index contributed by atoms with van der Waals surface area (Å²) in [6.45, 7) is 7.06. The van der Waals surface area contributed by atoms with Gasteiger partial charge < -0.3 is 31.1 Å². The minimum atomic E-state index is -2.56. The van der Waals surface area contributed by atoms with Crippen molar-refractivity contribution in [2.75, 3.05) is 32.1 Å². The highest BCUT2D eigenvalue weighted by atomic mass is 16.3. The van der Waals surface area contributed by atoms with Crippen LogP contribution < -0.4 is 10.6 Å². The van der Waals surface area contributed by atoms with E-state index in [0.29, 0.717) is 30.4 Å². The summed E-state index contributed by atoms with van der Waals surface area (Å²) in [5, 5.41) is 44.8. The average Bonchev–Trinajstić information content (AvgIpc) is 2.86. The van der Waals surface area contributed by atoms with Gasteiger partial charge in [-0.3, -0.25) is 19.3 Å². The van der Waals surface area contributed by atoms with Crippen LogP contribution >= 0.6 is 0 Å². The molecule has 4 aliphatic rings. The predicted octanol–water partition coefficient (Wildman–Crippen LogP) is 2.36. The number of aromatic hydroxyl groups is 1. The normalized spacial score (nSPS) is 27.6. The van der Waals surface area contributed by atoms with Crippen LogP contribution in [0.2, 0.25) is 0 Å². The van der Waals surface area contributed by atoms with E-state index in [1.54, 1.807) is 6.07 Å². The lowest BCUT2D eigenvalue weighted by atomic mass is 9.59. The van der Waals surface area contributed by atoms with Crippen LogP contribution in [0.3, 0.4) is 0 Å². The maximum atomic E-state index is 13.7. The van der Waals surface area contributed by atoms with Gasteiger partial charge in [-0.2, -0.15) is 0 Å². The number of phenolic OH excluding ortho intramolecular Hbond substituents is 1. The third-order valence-electron chi connectivity index (χ3n) is 9.53. The number of aliphatic hydroxyl groups is 3. The van der Waals surface area contributed by atoms with Gasteiger partial charge in [-0.1, -0.05) is 13.8 Å². The van der Waals surface area contributed by atoms with Gasteiger partial charge in [0.1, 0.15) is 22.8 Å². The van der Waals surface area contributed by atoms with Crippen molar-refractivity contribution in [2.45, 2.75) is 58.1 Å².